The SMILES string of the molecule is CCCCOc1ccc(NC(=O)c2cnccn2)cc1. The van der Waals surface area contributed by atoms with E-state index < -0.39 is 0 Å². The number of carbonyl (C=O) groups excluding carboxylic acids is 1. The molecular formula is C15H17N3O2. The number of carbonyl (C=O) groups is 1. The average molecular weight is 271 g/mol. The van der Waals surface area contributed by atoms with Gasteiger partial charge in [0.1, 0.15) is 11.4 Å². The van der Waals surface area contributed by atoms with Crippen molar-refractivity contribution >= 4 is 11.6 Å². The highest BCUT2D eigenvalue weighted by Gasteiger charge is 2.07. The number of nitrogens with one attached hydrogen (secondary N) is 1. The van der Waals surface area contributed by atoms with Crippen molar-refractivity contribution in [2.24, 2.45) is 0 Å². The van der Waals surface area contributed by atoms with E-state index in [4.69, 9.17) is 4.74 Å². The second-order valence-corrected chi connectivity index (χ2v) is 4.27. The second kappa shape index (κ2) is 7.23. The Morgan fingerprint density at radius 3 is 2.70 bits per heavy atom. The van der Waals surface area contributed by atoms with Crippen LogP contribution >= 0.6 is 0 Å². The zero-order valence-corrected chi connectivity index (χ0v) is 11.4. The molecular weight excluding hydrogens is 254 g/mol. The molecule has 1 heterocycles. The van der Waals surface area contributed by atoms with E-state index in [1.807, 2.05) is 12.1 Å². The summed E-state index contributed by atoms with van der Waals surface area (Å²) < 4.78 is 5.56. The van der Waals surface area contributed by atoms with E-state index in [2.05, 4.69) is 22.2 Å². The minimum Gasteiger partial charge on any atom is -0.494 e. The first-order valence-corrected chi connectivity index (χ1v) is 6.60. The van der Waals surface area contributed by atoms with E-state index in [1.54, 1.807) is 12.1 Å². The molecule has 0 fully saturated rings. The van der Waals surface area contributed by atoms with Crippen molar-refractivity contribution in [2.75, 3.05) is 11.9 Å². The fourth-order valence-corrected chi connectivity index (χ4v) is 1.58. The predicted octanol–water partition coefficient (Wildman–Crippen LogP) is 2.91. The Bertz CT molecular complexity index is 541. The minimum atomic E-state index is -0.280. The molecule has 1 aromatic heterocycles. The standard InChI is InChI=1S/C15H17N3O2/c1-2-3-10-20-13-6-4-12(5-7-13)18-15(19)14-11-16-8-9-17-14/h4-9,11H,2-3,10H2,1H3,(H,18,19). The zero-order valence-electron chi connectivity index (χ0n) is 11.4. The van der Waals surface area contributed by atoms with E-state index in [-0.39, 0.29) is 11.6 Å². The van der Waals surface area contributed by atoms with E-state index in [0.717, 1.165) is 18.6 Å². The lowest BCUT2D eigenvalue weighted by Crippen LogP contribution is -2.13. The molecule has 1 N–H and O–H groups in total. The molecule has 1 aromatic carbocycles. The predicted molar refractivity (Wildman–Crippen MR) is 76.8 cm³/mol. The summed E-state index contributed by atoms with van der Waals surface area (Å²) in [6.07, 6.45) is 6.58. The third-order valence-electron chi connectivity index (χ3n) is 2.67. The van der Waals surface area contributed by atoms with Crippen LogP contribution in [0.3, 0.4) is 0 Å². The topological polar surface area (TPSA) is 64.1 Å². The Kier molecular flexibility index (Phi) is 5.06. The molecule has 0 aliphatic carbocycles. The number of nitrogens with zero attached hydrogens (tertiary/aromatic N) is 2. The van der Waals surface area contributed by atoms with Crippen molar-refractivity contribution in [3.63, 3.8) is 0 Å². The number of aromatic nitrogens is 2. The average Bonchev–Trinajstić information content (AvgIpc) is 2.50. The van der Waals surface area contributed by atoms with Gasteiger partial charge in [0.15, 0.2) is 0 Å². The molecule has 0 atom stereocenters. The van der Waals surface area contributed by atoms with Gasteiger partial charge in [-0.3, -0.25) is 9.78 Å². The van der Waals surface area contributed by atoms with Gasteiger partial charge in [0.25, 0.3) is 5.91 Å². The van der Waals surface area contributed by atoms with Crippen LogP contribution in [0.15, 0.2) is 42.9 Å². The fraction of sp³-hybridized carbons (Fsp3) is 0.267. The number of unbranched alkanes of at least 4 members (excludes halogenated alkanes) is 1. The summed E-state index contributed by atoms with van der Waals surface area (Å²) in [7, 11) is 0. The highest BCUT2D eigenvalue weighted by atomic mass is 16.5. The monoisotopic (exact) mass is 271 g/mol. The molecule has 0 aliphatic heterocycles. The van der Waals surface area contributed by atoms with Crippen LogP contribution in [-0.4, -0.2) is 22.5 Å². The van der Waals surface area contributed by atoms with Gasteiger partial charge in [-0.25, -0.2) is 4.98 Å². The van der Waals surface area contributed by atoms with Gasteiger partial charge in [-0.05, 0) is 30.7 Å². The van der Waals surface area contributed by atoms with Crippen molar-refractivity contribution in [3.05, 3.63) is 48.5 Å². The van der Waals surface area contributed by atoms with Crippen molar-refractivity contribution in [3.8, 4) is 5.75 Å². The van der Waals surface area contributed by atoms with Gasteiger partial charge >= 0.3 is 0 Å². The molecule has 0 saturated carbocycles. The molecule has 104 valence electrons. The molecule has 2 aromatic rings. The van der Waals surface area contributed by atoms with E-state index in [1.165, 1.54) is 18.6 Å². The molecule has 0 bridgehead atoms. The van der Waals surface area contributed by atoms with Gasteiger partial charge in [-0.2, -0.15) is 0 Å². The van der Waals surface area contributed by atoms with Crippen LogP contribution in [0, 0.1) is 0 Å². The number of benzene rings is 1. The lowest BCUT2D eigenvalue weighted by Gasteiger charge is -2.07. The third kappa shape index (κ3) is 4.05. The minimum absolute atomic E-state index is 0.280. The molecule has 2 rings (SSSR count). The van der Waals surface area contributed by atoms with Crippen LogP contribution in [0.5, 0.6) is 5.75 Å². The van der Waals surface area contributed by atoms with Crippen LogP contribution in [0.1, 0.15) is 30.3 Å². The number of ether oxygens (including phenoxy) is 1. The molecule has 5 heteroatoms. The highest BCUT2D eigenvalue weighted by Crippen LogP contribution is 2.16. The first-order chi connectivity index (χ1) is 9.79. The number of anilines is 1. The van der Waals surface area contributed by atoms with Gasteiger partial charge < -0.3 is 10.1 Å². The summed E-state index contributed by atoms with van der Waals surface area (Å²) >= 11 is 0. The number of hydrogen-bond acceptors (Lipinski definition) is 4. The van der Waals surface area contributed by atoms with Crippen molar-refractivity contribution in [2.45, 2.75) is 19.8 Å². The van der Waals surface area contributed by atoms with Gasteiger partial charge in [-0.1, -0.05) is 13.3 Å². The smallest absolute Gasteiger partial charge is 0.275 e. The lowest BCUT2D eigenvalue weighted by atomic mass is 10.3. The number of rotatable bonds is 6. The van der Waals surface area contributed by atoms with Crippen LogP contribution in [0.2, 0.25) is 0 Å². The van der Waals surface area contributed by atoms with Gasteiger partial charge in [0, 0.05) is 18.1 Å². The first-order valence-electron chi connectivity index (χ1n) is 6.60. The Morgan fingerprint density at radius 1 is 1.25 bits per heavy atom. The van der Waals surface area contributed by atoms with Crippen molar-refractivity contribution in [1.29, 1.82) is 0 Å². The molecule has 0 spiro atoms. The normalized spacial score (nSPS) is 10.1. The summed E-state index contributed by atoms with van der Waals surface area (Å²) in [6, 6.07) is 7.27. The van der Waals surface area contributed by atoms with E-state index >= 15 is 0 Å². The Balaban J connectivity index is 1.92. The lowest BCUT2D eigenvalue weighted by molar-refractivity contribution is 0.102. The van der Waals surface area contributed by atoms with Crippen LogP contribution < -0.4 is 10.1 Å². The maximum atomic E-state index is 11.9. The second-order valence-electron chi connectivity index (χ2n) is 4.27. The van der Waals surface area contributed by atoms with Crippen LogP contribution in [-0.2, 0) is 0 Å². The molecule has 0 aliphatic rings. The fourth-order valence-electron chi connectivity index (χ4n) is 1.58. The molecule has 0 unspecified atom stereocenters. The molecule has 0 saturated heterocycles. The summed E-state index contributed by atoms with van der Waals surface area (Å²) in [5, 5.41) is 2.76. The quantitative estimate of drug-likeness (QED) is 0.820. The van der Waals surface area contributed by atoms with Crippen LogP contribution in [0.4, 0.5) is 5.69 Å². The summed E-state index contributed by atoms with van der Waals surface area (Å²) in [5.41, 5.74) is 0.985. The molecule has 1 amide bonds. The Hall–Kier alpha value is -2.43. The maximum absolute atomic E-state index is 11.9. The number of amides is 1. The van der Waals surface area contributed by atoms with Crippen LogP contribution in [0.25, 0.3) is 0 Å². The van der Waals surface area contributed by atoms with Crippen molar-refractivity contribution < 1.29 is 9.53 Å². The maximum Gasteiger partial charge on any atom is 0.275 e. The van der Waals surface area contributed by atoms with Gasteiger partial charge in [0.05, 0.1) is 12.8 Å². The van der Waals surface area contributed by atoms with Crippen molar-refractivity contribution in [1.82, 2.24) is 9.97 Å². The Morgan fingerprint density at radius 2 is 2.05 bits per heavy atom. The van der Waals surface area contributed by atoms with E-state index in [9.17, 15) is 4.79 Å². The summed E-state index contributed by atoms with van der Waals surface area (Å²) in [4.78, 5) is 19.7. The highest BCUT2D eigenvalue weighted by molar-refractivity contribution is 6.02. The summed E-state index contributed by atoms with van der Waals surface area (Å²) in [5.74, 6) is 0.522. The Labute approximate surface area is 118 Å². The van der Waals surface area contributed by atoms with E-state index in [0.29, 0.717) is 12.3 Å². The largest absolute Gasteiger partial charge is 0.494 e. The van der Waals surface area contributed by atoms with Gasteiger partial charge in [-0.15, -0.1) is 0 Å². The third-order valence-corrected chi connectivity index (χ3v) is 2.67. The molecule has 5 nitrogen and oxygen atoms in total. The summed E-state index contributed by atoms with van der Waals surface area (Å²) in [6.45, 7) is 2.83. The molecule has 0 radical (unpaired) electrons. The van der Waals surface area contributed by atoms with Gasteiger partial charge in [0.2, 0.25) is 0 Å². The zero-order chi connectivity index (χ0) is 14.2. The first kappa shape index (κ1) is 14.0. The number of hydrogen-bond donors (Lipinski definition) is 1. The molecule has 20 heavy (non-hydrogen) atoms.